The van der Waals surface area contributed by atoms with Gasteiger partial charge in [-0.2, -0.15) is 5.10 Å². The Morgan fingerprint density at radius 3 is 3.00 bits per heavy atom. The molecule has 0 amide bonds. The summed E-state index contributed by atoms with van der Waals surface area (Å²) in [5.74, 6) is 0. The van der Waals surface area contributed by atoms with Crippen LogP contribution in [0.3, 0.4) is 0 Å². The molecule has 0 unspecified atom stereocenters. The highest BCUT2D eigenvalue weighted by molar-refractivity contribution is 5.08. The van der Waals surface area contributed by atoms with Gasteiger partial charge in [-0.15, -0.1) is 0 Å². The molecule has 1 heterocycles. The van der Waals surface area contributed by atoms with Gasteiger partial charge in [-0.25, -0.2) is 0 Å². The molecule has 0 radical (unpaired) electrons. The first-order chi connectivity index (χ1) is 7.24. The lowest BCUT2D eigenvalue weighted by Gasteiger charge is -2.11. The zero-order chi connectivity index (χ0) is 11.1. The highest BCUT2D eigenvalue weighted by atomic mass is 16.5. The maximum Gasteiger partial charge on any atom is 0.0537 e. The maximum atomic E-state index is 5.27. The minimum absolute atomic E-state index is 0.361. The molecule has 1 atom stereocenters. The quantitative estimate of drug-likeness (QED) is 0.695. The lowest BCUT2D eigenvalue weighted by molar-refractivity contribution is 0.144. The minimum Gasteiger partial charge on any atom is -0.382 e. The average molecular weight is 211 g/mol. The van der Waals surface area contributed by atoms with Gasteiger partial charge in [-0.3, -0.25) is 4.68 Å². The minimum atomic E-state index is 0.361. The van der Waals surface area contributed by atoms with Crippen LogP contribution < -0.4 is 5.32 Å². The van der Waals surface area contributed by atoms with Gasteiger partial charge in [0.1, 0.15) is 0 Å². The van der Waals surface area contributed by atoms with E-state index in [9.17, 15) is 0 Å². The number of aromatic nitrogens is 2. The molecule has 1 rings (SSSR count). The summed E-state index contributed by atoms with van der Waals surface area (Å²) < 4.78 is 7.10. The zero-order valence-corrected chi connectivity index (χ0v) is 9.86. The fraction of sp³-hybridized carbons (Fsp3) is 0.727. The third kappa shape index (κ3) is 4.44. The first kappa shape index (κ1) is 12.2. The lowest BCUT2D eigenvalue weighted by Crippen LogP contribution is -2.20. The van der Waals surface area contributed by atoms with Crippen LogP contribution in [0.25, 0.3) is 0 Å². The fourth-order valence-electron chi connectivity index (χ4n) is 1.42. The van der Waals surface area contributed by atoms with Crippen molar-refractivity contribution >= 4 is 0 Å². The monoisotopic (exact) mass is 211 g/mol. The lowest BCUT2D eigenvalue weighted by atomic mass is 10.2. The van der Waals surface area contributed by atoms with E-state index in [1.54, 1.807) is 0 Å². The Hall–Kier alpha value is -0.870. The van der Waals surface area contributed by atoms with Crippen LogP contribution in [-0.4, -0.2) is 29.5 Å². The largest absolute Gasteiger partial charge is 0.382 e. The third-order valence-corrected chi connectivity index (χ3v) is 2.34. The van der Waals surface area contributed by atoms with E-state index in [4.69, 9.17) is 4.74 Å². The summed E-state index contributed by atoms with van der Waals surface area (Å²) in [4.78, 5) is 0. The van der Waals surface area contributed by atoms with E-state index in [1.807, 2.05) is 31.0 Å². The van der Waals surface area contributed by atoms with Gasteiger partial charge in [0, 0.05) is 38.1 Å². The van der Waals surface area contributed by atoms with Crippen molar-refractivity contribution < 1.29 is 4.74 Å². The Bertz CT molecular complexity index is 273. The summed E-state index contributed by atoms with van der Waals surface area (Å²) in [7, 11) is 1.94. The molecule has 86 valence electrons. The van der Waals surface area contributed by atoms with Gasteiger partial charge in [0.2, 0.25) is 0 Å². The first-order valence-electron chi connectivity index (χ1n) is 5.53. The molecule has 15 heavy (non-hydrogen) atoms. The van der Waals surface area contributed by atoms with Gasteiger partial charge < -0.3 is 10.1 Å². The van der Waals surface area contributed by atoms with Gasteiger partial charge in [-0.05, 0) is 26.8 Å². The molecule has 4 nitrogen and oxygen atoms in total. The van der Waals surface area contributed by atoms with Crippen molar-refractivity contribution in [2.45, 2.75) is 26.3 Å². The molecule has 0 aliphatic rings. The van der Waals surface area contributed by atoms with Crippen molar-refractivity contribution in [3.63, 3.8) is 0 Å². The number of nitrogens with one attached hydrogen (secondary N) is 1. The maximum absolute atomic E-state index is 5.27. The number of ether oxygens (including phenoxy) is 1. The van der Waals surface area contributed by atoms with Crippen LogP contribution in [-0.2, 0) is 11.8 Å². The van der Waals surface area contributed by atoms with Crippen molar-refractivity contribution in [1.29, 1.82) is 0 Å². The van der Waals surface area contributed by atoms with Gasteiger partial charge in [0.25, 0.3) is 0 Å². The number of hydrogen-bond acceptors (Lipinski definition) is 3. The van der Waals surface area contributed by atoms with E-state index >= 15 is 0 Å². The Balaban J connectivity index is 2.16. The van der Waals surface area contributed by atoms with E-state index in [-0.39, 0.29) is 0 Å². The number of hydrogen-bond donors (Lipinski definition) is 1. The summed E-state index contributed by atoms with van der Waals surface area (Å²) in [6.45, 7) is 6.79. The highest BCUT2D eigenvalue weighted by Gasteiger charge is 2.05. The van der Waals surface area contributed by atoms with Gasteiger partial charge in [-0.1, -0.05) is 0 Å². The Labute approximate surface area is 91.6 Å². The molecule has 1 aromatic rings. The Morgan fingerprint density at radius 1 is 1.60 bits per heavy atom. The van der Waals surface area contributed by atoms with Gasteiger partial charge >= 0.3 is 0 Å². The summed E-state index contributed by atoms with van der Waals surface area (Å²) in [6.07, 6.45) is 5.00. The third-order valence-electron chi connectivity index (χ3n) is 2.34. The average Bonchev–Trinajstić information content (AvgIpc) is 2.64. The normalized spacial score (nSPS) is 13.0. The van der Waals surface area contributed by atoms with Crippen LogP contribution in [0.1, 0.15) is 31.9 Å². The fourth-order valence-corrected chi connectivity index (χ4v) is 1.42. The second-order valence-electron chi connectivity index (χ2n) is 3.67. The number of nitrogens with zero attached hydrogens (tertiary/aromatic N) is 2. The van der Waals surface area contributed by atoms with Crippen LogP contribution in [0.15, 0.2) is 12.4 Å². The number of rotatable bonds is 7. The summed E-state index contributed by atoms with van der Waals surface area (Å²) in [6, 6.07) is 0.361. The Kier molecular flexibility index (Phi) is 5.36. The smallest absolute Gasteiger partial charge is 0.0537 e. The molecule has 4 heteroatoms. The van der Waals surface area contributed by atoms with Gasteiger partial charge in [0.05, 0.1) is 6.20 Å². The van der Waals surface area contributed by atoms with E-state index in [0.29, 0.717) is 6.04 Å². The van der Waals surface area contributed by atoms with E-state index in [0.717, 1.165) is 26.2 Å². The molecule has 0 aliphatic carbocycles. The molecule has 0 saturated heterocycles. The van der Waals surface area contributed by atoms with Crippen molar-refractivity contribution in [2.75, 3.05) is 19.8 Å². The molecular formula is C11H21N3O. The molecule has 0 saturated carbocycles. The molecule has 0 spiro atoms. The zero-order valence-electron chi connectivity index (χ0n) is 9.86. The summed E-state index contributed by atoms with van der Waals surface area (Å²) in [5.41, 5.74) is 1.23. The number of aryl methyl sites for hydroxylation is 1. The molecule has 0 aromatic carbocycles. The predicted molar refractivity (Wildman–Crippen MR) is 60.7 cm³/mol. The second-order valence-corrected chi connectivity index (χ2v) is 3.67. The van der Waals surface area contributed by atoms with Crippen LogP contribution in [0.2, 0.25) is 0 Å². The van der Waals surface area contributed by atoms with Crippen molar-refractivity contribution in [2.24, 2.45) is 7.05 Å². The topological polar surface area (TPSA) is 39.1 Å². The summed E-state index contributed by atoms with van der Waals surface area (Å²) >= 11 is 0. The highest BCUT2D eigenvalue weighted by Crippen LogP contribution is 2.09. The van der Waals surface area contributed by atoms with Crippen LogP contribution in [0, 0.1) is 0 Å². The summed E-state index contributed by atoms with van der Waals surface area (Å²) in [5, 5.41) is 7.59. The van der Waals surface area contributed by atoms with E-state index in [2.05, 4.69) is 17.3 Å². The molecular weight excluding hydrogens is 190 g/mol. The van der Waals surface area contributed by atoms with E-state index < -0.39 is 0 Å². The second kappa shape index (κ2) is 6.58. The molecule has 1 aromatic heterocycles. The first-order valence-corrected chi connectivity index (χ1v) is 5.53. The molecule has 0 aliphatic heterocycles. The van der Waals surface area contributed by atoms with Gasteiger partial charge in [0.15, 0.2) is 0 Å². The van der Waals surface area contributed by atoms with Crippen LogP contribution in [0.5, 0.6) is 0 Å². The van der Waals surface area contributed by atoms with E-state index in [1.165, 1.54) is 5.56 Å². The van der Waals surface area contributed by atoms with Crippen molar-refractivity contribution in [3.8, 4) is 0 Å². The van der Waals surface area contributed by atoms with Crippen LogP contribution >= 0.6 is 0 Å². The molecule has 0 bridgehead atoms. The van der Waals surface area contributed by atoms with Crippen LogP contribution in [0.4, 0.5) is 0 Å². The standard InChI is InChI=1S/C11H21N3O/c1-4-15-7-5-6-12-10(2)11-8-13-14(3)9-11/h8-10,12H,4-7H2,1-3H3/t10-/m0/s1. The van der Waals surface area contributed by atoms with Crippen molar-refractivity contribution in [1.82, 2.24) is 15.1 Å². The Morgan fingerprint density at radius 2 is 2.40 bits per heavy atom. The molecule has 0 fully saturated rings. The van der Waals surface area contributed by atoms with Crippen molar-refractivity contribution in [3.05, 3.63) is 18.0 Å². The predicted octanol–water partition coefficient (Wildman–Crippen LogP) is 1.50. The molecule has 1 N–H and O–H groups in total. The SMILES string of the molecule is CCOCCCN[C@@H](C)c1cnn(C)c1.